The largest absolute Gasteiger partial charge is 0.369 e. The van der Waals surface area contributed by atoms with Gasteiger partial charge in [0.15, 0.2) is 0 Å². The van der Waals surface area contributed by atoms with Crippen molar-refractivity contribution < 1.29 is 8.78 Å². The molecule has 0 aliphatic carbocycles. The van der Waals surface area contributed by atoms with Gasteiger partial charge in [0.25, 0.3) is 0 Å². The van der Waals surface area contributed by atoms with E-state index in [4.69, 9.17) is 16.6 Å². The highest BCUT2D eigenvalue weighted by atomic mass is 35.5. The number of nitrogens with zero attached hydrogens (tertiary/aromatic N) is 5. The van der Waals surface area contributed by atoms with Crippen molar-refractivity contribution in [2.75, 3.05) is 31.1 Å². The number of pyridine rings is 2. The van der Waals surface area contributed by atoms with E-state index in [0.29, 0.717) is 23.0 Å². The van der Waals surface area contributed by atoms with Crippen LogP contribution in [0.5, 0.6) is 0 Å². The number of aromatic nitrogens is 4. The number of likely N-dealkylation sites (tertiary alicyclic amines) is 1. The quantitative estimate of drug-likeness (QED) is 0.370. The fourth-order valence-electron chi connectivity index (χ4n) is 5.27. The Balaban J connectivity index is 1.30. The minimum absolute atomic E-state index is 0.113. The Morgan fingerprint density at radius 3 is 2.66 bits per heavy atom. The molecule has 0 radical (unpaired) electrons. The molecule has 2 aliphatic rings. The van der Waals surface area contributed by atoms with E-state index in [2.05, 4.69) is 31.0 Å². The molecule has 2 saturated heterocycles. The van der Waals surface area contributed by atoms with Crippen molar-refractivity contribution in [1.29, 1.82) is 0 Å². The number of hydrogen-bond donors (Lipinski definition) is 1. The fourth-order valence-corrected chi connectivity index (χ4v) is 5.44. The number of fused-ring (bicyclic) bond motifs is 1. The predicted octanol–water partition coefficient (Wildman–Crippen LogP) is 5.68. The van der Waals surface area contributed by atoms with Gasteiger partial charge in [-0.3, -0.25) is 15.0 Å². The first-order valence-electron chi connectivity index (χ1n) is 12.0. The Morgan fingerprint density at radius 1 is 0.943 bits per heavy atom. The van der Waals surface area contributed by atoms with Crippen molar-refractivity contribution in [2.45, 2.75) is 31.7 Å². The highest BCUT2D eigenvalue weighted by Gasteiger charge is 2.29. The van der Waals surface area contributed by atoms with Crippen molar-refractivity contribution in [3.8, 4) is 22.5 Å². The van der Waals surface area contributed by atoms with E-state index in [0.717, 1.165) is 42.3 Å². The van der Waals surface area contributed by atoms with Gasteiger partial charge >= 0.3 is 0 Å². The van der Waals surface area contributed by atoms with Gasteiger partial charge in [-0.25, -0.2) is 13.8 Å². The maximum absolute atomic E-state index is 14.5. The lowest BCUT2D eigenvalue weighted by Crippen LogP contribution is -2.40. The summed E-state index contributed by atoms with van der Waals surface area (Å²) in [7, 11) is 0. The number of anilines is 1. The van der Waals surface area contributed by atoms with E-state index in [9.17, 15) is 8.78 Å². The maximum atomic E-state index is 14.5. The summed E-state index contributed by atoms with van der Waals surface area (Å²) >= 11 is 5.91. The second-order valence-corrected chi connectivity index (χ2v) is 9.71. The van der Waals surface area contributed by atoms with Crippen LogP contribution in [-0.2, 0) is 0 Å². The minimum Gasteiger partial charge on any atom is -0.369 e. The second kappa shape index (κ2) is 9.17. The van der Waals surface area contributed by atoms with E-state index >= 15 is 0 Å². The molecule has 4 aromatic rings. The number of nitrogens with one attached hydrogen (secondary N) is 1. The number of rotatable bonds is 4. The van der Waals surface area contributed by atoms with Crippen molar-refractivity contribution >= 4 is 28.3 Å². The number of aromatic amines is 1. The molecular formula is C26H25ClF2N6. The van der Waals surface area contributed by atoms with E-state index in [1.54, 1.807) is 6.20 Å². The van der Waals surface area contributed by atoms with Crippen LogP contribution in [0.1, 0.15) is 25.7 Å². The highest BCUT2D eigenvalue weighted by molar-refractivity contribution is 6.31. The van der Waals surface area contributed by atoms with Crippen molar-refractivity contribution in [1.82, 2.24) is 25.1 Å². The standard InChI is InChI=1S/C26H25ClF2N6/c27-20-11-18(21(28)12-22(20)29)26-19(14-31-33-26)23-4-5-24-25(32-23)10-17(13-30-24)35-9-6-16(15-35)34-7-2-1-3-8-34/h4-5,10-14,16H,1-3,6-9,15H2,(H,31,33)/t16-/m1/s1. The third kappa shape index (κ3) is 4.25. The summed E-state index contributed by atoms with van der Waals surface area (Å²) in [6.45, 7) is 4.41. The van der Waals surface area contributed by atoms with Crippen LogP contribution < -0.4 is 4.90 Å². The number of H-pyrrole nitrogens is 1. The maximum Gasteiger partial charge on any atom is 0.144 e. The average Bonchev–Trinajstić information content (AvgIpc) is 3.57. The molecule has 5 heterocycles. The molecule has 1 aromatic carbocycles. The van der Waals surface area contributed by atoms with E-state index in [1.165, 1.54) is 38.4 Å². The van der Waals surface area contributed by atoms with Crippen LogP contribution in [0.15, 0.2) is 42.7 Å². The smallest absolute Gasteiger partial charge is 0.144 e. The van der Waals surface area contributed by atoms with Crippen LogP contribution in [-0.4, -0.2) is 57.3 Å². The minimum atomic E-state index is -0.808. The van der Waals surface area contributed by atoms with Gasteiger partial charge < -0.3 is 4.90 Å². The zero-order valence-corrected chi connectivity index (χ0v) is 19.9. The number of piperidine rings is 1. The summed E-state index contributed by atoms with van der Waals surface area (Å²) < 4.78 is 28.2. The molecule has 6 rings (SSSR count). The Kier molecular flexibility index (Phi) is 5.86. The van der Waals surface area contributed by atoms with Crippen molar-refractivity contribution in [3.63, 3.8) is 0 Å². The van der Waals surface area contributed by atoms with E-state index < -0.39 is 11.6 Å². The van der Waals surface area contributed by atoms with Gasteiger partial charge in [-0.05, 0) is 56.6 Å². The monoisotopic (exact) mass is 494 g/mol. The molecule has 0 bridgehead atoms. The van der Waals surface area contributed by atoms with Gasteiger partial charge in [0.05, 0.1) is 33.6 Å². The summed E-state index contributed by atoms with van der Waals surface area (Å²) in [6.07, 6.45) is 8.67. The topological polar surface area (TPSA) is 60.9 Å². The summed E-state index contributed by atoms with van der Waals surface area (Å²) in [5, 5.41) is 6.81. The third-order valence-electron chi connectivity index (χ3n) is 7.14. The zero-order valence-electron chi connectivity index (χ0n) is 19.1. The Labute approximate surface area is 206 Å². The Morgan fingerprint density at radius 2 is 1.80 bits per heavy atom. The van der Waals surface area contributed by atoms with Gasteiger partial charge in [-0.1, -0.05) is 18.0 Å². The lowest BCUT2D eigenvalue weighted by Gasteiger charge is -2.32. The molecule has 2 fully saturated rings. The molecule has 0 spiro atoms. The molecule has 3 aromatic heterocycles. The molecule has 0 amide bonds. The van der Waals surface area contributed by atoms with Gasteiger partial charge in [-0.2, -0.15) is 5.10 Å². The van der Waals surface area contributed by atoms with Crippen LogP contribution in [0.4, 0.5) is 14.5 Å². The zero-order chi connectivity index (χ0) is 23.9. The lowest BCUT2D eigenvalue weighted by atomic mass is 10.0. The Bertz CT molecular complexity index is 1380. The van der Waals surface area contributed by atoms with Crippen molar-refractivity contribution in [3.05, 3.63) is 59.4 Å². The van der Waals surface area contributed by atoms with E-state index in [1.807, 2.05) is 18.3 Å². The molecule has 180 valence electrons. The molecular weight excluding hydrogens is 470 g/mol. The number of halogens is 3. The number of benzene rings is 1. The first-order valence-corrected chi connectivity index (χ1v) is 12.4. The van der Waals surface area contributed by atoms with Crippen molar-refractivity contribution in [2.24, 2.45) is 0 Å². The predicted molar refractivity (Wildman–Crippen MR) is 134 cm³/mol. The SMILES string of the molecule is Fc1cc(F)c(-c2n[nH]cc2-c2ccc3ncc(N4CC[C@@H](N5CCCCC5)C4)cc3n2)cc1Cl. The van der Waals surface area contributed by atoms with Gasteiger partial charge in [-0.15, -0.1) is 0 Å². The third-order valence-corrected chi connectivity index (χ3v) is 7.43. The highest BCUT2D eigenvalue weighted by Crippen LogP contribution is 2.34. The first kappa shape index (κ1) is 22.4. The summed E-state index contributed by atoms with van der Waals surface area (Å²) in [4.78, 5) is 14.5. The number of hydrogen-bond acceptors (Lipinski definition) is 5. The molecule has 6 nitrogen and oxygen atoms in total. The van der Waals surface area contributed by atoms with Crippen LogP contribution in [0.3, 0.4) is 0 Å². The molecule has 1 N–H and O–H groups in total. The van der Waals surface area contributed by atoms with Gasteiger partial charge in [0, 0.05) is 42.5 Å². The Hall–Kier alpha value is -3.10. The average molecular weight is 495 g/mol. The molecule has 35 heavy (non-hydrogen) atoms. The first-order chi connectivity index (χ1) is 17.1. The van der Waals surface area contributed by atoms with Gasteiger partial charge in [0.1, 0.15) is 17.3 Å². The second-order valence-electron chi connectivity index (χ2n) is 9.31. The van der Waals surface area contributed by atoms with Crippen LogP contribution in [0.25, 0.3) is 33.5 Å². The molecule has 1 atom stereocenters. The molecule has 0 unspecified atom stereocenters. The summed E-state index contributed by atoms with van der Waals surface area (Å²) in [5.41, 5.74) is 4.26. The van der Waals surface area contributed by atoms with E-state index in [-0.39, 0.29) is 10.6 Å². The molecule has 0 saturated carbocycles. The summed E-state index contributed by atoms with van der Waals surface area (Å²) in [5.74, 6) is -1.54. The molecule has 2 aliphatic heterocycles. The molecule has 9 heteroatoms. The summed E-state index contributed by atoms with van der Waals surface area (Å²) in [6, 6.07) is 8.41. The van der Waals surface area contributed by atoms with Crippen LogP contribution in [0, 0.1) is 11.6 Å². The normalized spacial score (nSPS) is 19.1. The fraction of sp³-hybridized carbons (Fsp3) is 0.346. The van der Waals surface area contributed by atoms with Crippen LogP contribution >= 0.6 is 11.6 Å². The lowest BCUT2D eigenvalue weighted by molar-refractivity contribution is 0.175. The van der Waals surface area contributed by atoms with Crippen LogP contribution in [0.2, 0.25) is 5.02 Å². The van der Waals surface area contributed by atoms with Gasteiger partial charge in [0.2, 0.25) is 0 Å².